The second kappa shape index (κ2) is 9.63. The largest absolute Gasteiger partial charge is 0.485 e. The van der Waals surface area contributed by atoms with E-state index in [2.05, 4.69) is 39.7 Å². The molecule has 0 atom stereocenters. The highest BCUT2D eigenvalue weighted by atomic mass is 19.1. The maximum atomic E-state index is 12.9. The van der Waals surface area contributed by atoms with E-state index in [-0.39, 0.29) is 12.2 Å². The van der Waals surface area contributed by atoms with Crippen LogP contribution in [0.1, 0.15) is 29.7 Å². The van der Waals surface area contributed by atoms with Crippen molar-refractivity contribution in [1.82, 2.24) is 20.1 Å². The van der Waals surface area contributed by atoms with Crippen LogP contribution in [0.25, 0.3) is 0 Å². The zero-order chi connectivity index (χ0) is 20.8. The molecule has 1 N–H and O–H groups in total. The number of aryl methyl sites for hydroxylation is 2. The molecule has 156 valence electrons. The molecule has 0 radical (unpaired) electrons. The van der Waals surface area contributed by atoms with Gasteiger partial charge in [0.25, 0.3) is 5.56 Å². The standard InChI is InChI=1S/C23H25FN4O2/c24-20-7-8-21(26-14-20)16-30-22-11-23(29)28(27-15-22)10-9-17-1-3-18(4-2-17)12-25-13-19-5-6-19/h1-4,7-8,11,14-15,19,25H,5-6,9-10,12-13,16H2. The van der Waals surface area contributed by atoms with Gasteiger partial charge in [-0.3, -0.25) is 9.78 Å². The lowest BCUT2D eigenvalue weighted by Gasteiger charge is -2.09. The number of aromatic nitrogens is 3. The van der Waals surface area contributed by atoms with E-state index in [9.17, 15) is 9.18 Å². The third-order valence-corrected chi connectivity index (χ3v) is 5.11. The van der Waals surface area contributed by atoms with E-state index >= 15 is 0 Å². The number of benzene rings is 1. The fourth-order valence-corrected chi connectivity index (χ4v) is 3.11. The first-order chi connectivity index (χ1) is 14.7. The van der Waals surface area contributed by atoms with Gasteiger partial charge in [0.2, 0.25) is 0 Å². The van der Waals surface area contributed by atoms with E-state index in [0.717, 1.165) is 37.2 Å². The molecule has 4 rings (SSSR count). The summed E-state index contributed by atoms with van der Waals surface area (Å²) in [6, 6.07) is 12.7. The number of halogens is 1. The molecule has 7 heteroatoms. The molecule has 2 heterocycles. The summed E-state index contributed by atoms with van der Waals surface area (Å²) in [4.78, 5) is 16.2. The molecular weight excluding hydrogens is 383 g/mol. The molecule has 0 bridgehead atoms. The van der Waals surface area contributed by atoms with E-state index < -0.39 is 5.82 Å². The Morgan fingerprint density at radius 3 is 2.60 bits per heavy atom. The predicted octanol–water partition coefficient (Wildman–Crippen LogP) is 3.10. The van der Waals surface area contributed by atoms with Gasteiger partial charge < -0.3 is 10.1 Å². The van der Waals surface area contributed by atoms with Gasteiger partial charge in [-0.25, -0.2) is 9.07 Å². The summed E-state index contributed by atoms with van der Waals surface area (Å²) in [6.07, 6.45) is 6.09. The average Bonchev–Trinajstić information content (AvgIpc) is 3.58. The monoisotopic (exact) mass is 408 g/mol. The van der Waals surface area contributed by atoms with Crippen molar-refractivity contribution in [1.29, 1.82) is 0 Å². The summed E-state index contributed by atoms with van der Waals surface area (Å²) in [7, 11) is 0. The molecule has 6 nitrogen and oxygen atoms in total. The predicted molar refractivity (Wildman–Crippen MR) is 112 cm³/mol. The van der Waals surface area contributed by atoms with Crippen LogP contribution in [0, 0.1) is 11.7 Å². The first-order valence-corrected chi connectivity index (χ1v) is 10.2. The minimum Gasteiger partial charge on any atom is -0.485 e. The fourth-order valence-electron chi connectivity index (χ4n) is 3.11. The van der Waals surface area contributed by atoms with Crippen LogP contribution in [0.3, 0.4) is 0 Å². The van der Waals surface area contributed by atoms with Gasteiger partial charge in [0.05, 0.1) is 18.1 Å². The molecule has 1 aliphatic rings. The maximum absolute atomic E-state index is 12.9. The van der Waals surface area contributed by atoms with Crippen LogP contribution < -0.4 is 15.6 Å². The van der Waals surface area contributed by atoms with Crippen molar-refractivity contribution in [3.63, 3.8) is 0 Å². The Balaban J connectivity index is 1.25. The van der Waals surface area contributed by atoms with Gasteiger partial charge >= 0.3 is 0 Å². The number of rotatable bonds is 10. The minimum absolute atomic E-state index is 0.146. The normalized spacial score (nSPS) is 13.4. The molecule has 1 aromatic carbocycles. The SMILES string of the molecule is O=c1cc(OCc2ccc(F)cn2)cnn1CCc1ccc(CNCC2CC2)cc1. The van der Waals surface area contributed by atoms with E-state index in [1.807, 2.05) is 0 Å². The maximum Gasteiger partial charge on any atom is 0.270 e. The van der Waals surface area contributed by atoms with E-state index in [1.54, 1.807) is 6.07 Å². The smallest absolute Gasteiger partial charge is 0.270 e. The van der Waals surface area contributed by atoms with Crippen LogP contribution in [-0.2, 0) is 26.1 Å². The fraction of sp³-hybridized carbons (Fsp3) is 0.348. The lowest BCUT2D eigenvalue weighted by atomic mass is 10.1. The summed E-state index contributed by atoms with van der Waals surface area (Å²) in [5.74, 6) is 0.847. The highest BCUT2D eigenvalue weighted by molar-refractivity contribution is 5.22. The Hall–Kier alpha value is -3.06. The molecule has 0 unspecified atom stereocenters. The Morgan fingerprint density at radius 1 is 1.10 bits per heavy atom. The van der Waals surface area contributed by atoms with Gasteiger partial charge in [-0.2, -0.15) is 5.10 Å². The van der Waals surface area contributed by atoms with Gasteiger partial charge in [0.1, 0.15) is 18.2 Å². The van der Waals surface area contributed by atoms with Crippen LogP contribution in [0.5, 0.6) is 5.75 Å². The van der Waals surface area contributed by atoms with Gasteiger partial charge in [-0.15, -0.1) is 0 Å². The molecule has 2 aromatic heterocycles. The minimum atomic E-state index is -0.400. The van der Waals surface area contributed by atoms with E-state index in [0.29, 0.717) is 18.0 Å². The van der Waals surface area contributed by atoms with Crippen molar-refractivity contribution in [3.8, 4) is 5.75 Å². The first-order valence-electron chi connectivity index (χ1n) is 10.2. The zero-order valence-corrected chi connectivity index (χ0v) is 16.8. The van der Waals surface area contributed by atoms with Crippen molar-refractivity contribution in [2.75, 3.05) is 6.54 Å². The first kappa shape index (κ1) is 20.2. The third-order valence-electron chi connectivity index (χ3n) is 5.11. The summed E-state index contributed by atoms with van der Waals surface area (Å²) < 4.78 is 19.8. The molecule has 0 spiro atoms. The summed E-state index contributed by atoms with van der Waals surface area (Å²) >= 11 is 0. The van der Waals surface area contributed by atoms with Crippen molar-refractivity contribution >= 4 is 0 Å². The number of hydrogen-bond acceptors (Lipinski definition) is 5. The van der Waals surface area contributed by atoms with Crippen molar-refractivity contribution in [2.24, 2.45) is 5.92 Å². The number of pyridine rings is 1. The Kier molecular flexibility index (Phi) is 6.49. The second-order valence-corrected chi connectivity index (χ2v) is 7.65. The van der Waals surface area contributed by atoms with E-state index in [4.69, 9.17) is 4.74 Å². The lowest BCUT2D eigenvalue weighted by molar-refractivity contribution is 0.297. The summed E-state index contributed by atoms with van der Waals surface area (Å²) in [5, 5.41) is 7.68. The van der Waals surface area contributed by atoms with Crippen molar-refractivity contribution in [3.05, 3.63) is 87.9 Å². The average molecular weight is 408 g/mol. The molecular formula is C23H25FN4O2. The Morgan fingerprint density at radius 2 is 1.90 bits per heavy atom. The second-order valence-electron chi connectivity index (χ2n) is 7.65. The van der Waals surface area contributed by atoms with Crippen molar-refractivity contribution in [2.45, 2.75) is 39.0 Å². The molecule has 0 aliphatic heterocycles. The highest BCUT2D eigenvalue weighted by Crippen LogP contribution is 2.27. The van der Waals surface area contributed by atoms with Crippen LogP contribution in [0.2, 0.25) is 0 Å². The number of nitrogens with one attached hydrogen (secondary N) is 1. The Labute approximate surface area is 174 Å². The molecule has 30 heavy (non-hydrogen) atoms. The van der Waals surface area contributed by atoms with Crippen molar-refractivity contribution < 1.29 is 9.13 Å². The number of ether oxygens (including phenoxy) is 1. The van der Waals surface area contributed by atoms with Gasteiger partial charge in [0.15, 0.2) is 0 Å². The summed E-state index contributed by atoms with van der Waals surface area (Å²) in [5.41, 5.74) is 2.79. The Bertz CT molecular complexity index is 1010. The number of hydrogen-bond donors (Lipinski definition) is 1. The third kappa shape index (κ3) is 5.97. The molecule has 1 saturated carbocycles. The highest BCUT2D eigenvalue weighted by Gasteiger charge is 2.20. The molecule has 0 amide bonds. The topological polar surface area (TPSA) is 69.0 Å². The van der Waals surface area contributed by atoms with Gasteiger partial charge in [-0.05, 0) is 55.0 Å². The lowest BCUT2D eigenvalue weighted by Crippen LogP contribution is -2.23. The molecule has 1 aliphatic carbocycles. The number of nitrogens with zero attached hydrogens (tertiary/aromatic N) is 3. The van der Waals surface area contributed by atoms with Gasteiger partial charge in [0, 0.05) is 19.2 Å². The van der Waals surface area contributed by atoms with E-state index in [1.165, 1.54) is 41.4 Å². The molecule has 3 aromatic rings. The van der Waals surface area contributed by atoms with Gasteiger partial charge in [-0.1, -0.05) is 24.3 Å². The quantitative estimate of drug-likeness (QED) is 0.558. The van der Waals surface area contributed by atoms with Crippen LogP contribution in [0.4, 0.5) is 4.39 Å². The molecule has 0 saturated heterocycles. The van der Waals surface area contributed by atoms with Crippen LogP contribution in [-0.4, -0.2) is 21.3 Å². The van der Waals surface area contributed by atoms with Crippen LogP contribution >= 0.6 is 0 Å². The zero-order valence-electron chi connectivity index (χ0n) is 16.8. The van der Waals surface area contributed by atoms with Crippen LogP contribution in [0.15, 0.2) is 59.7 Å². The molecule has 1 fully saturated rings. The summed E-state index contributed by atoms with van der Waals surface area (Å²) in [6.45, 7) is 2.65.